The lowest BCUT2D eigenvalue weighted by Crippen LogP contribution is -2.04. The number of hydrogen-bond donors (Lipinski definition) is 1. The lowest BCUT2D eigenvalue weighted by molar-refractivity contribution is 0.864. The van der Waals surface area contributed by atoms with Crippen molar-refractivity contribution in [1.29, 1.82) is 0 Å². The molecule has 0 saturated carbocycles. The molecule has 0 unspecified atom stereocenters. The second-order valence-electron chi connectivity index (χ2n) is 6.53. The van der Waals surface area contributed by atoms with Crippen molar-refractivity contribution < 1.29 is 0 Å². The molecule has 4 aromatic rings. The standard InChI is InChI=1S/C20H20ClN5/c1-4-6-15-11-17(23-16-8-5-7-14(21)10-16)26-20(24-15)18-12(2)9-13(3)22-19(18)25-26/h5,7-11,23H,4,6H2,1-3H3. The monoisotopic (exact) mass is 365 g/mol. The van der Waals surface area contributed by atoms with Crippen LogP contribution >= 0.6 is 11.6 Å². The molecule has 0 aliphatic heterocycles. The molecule has 132 valence electrons. The number of rotatable bonds is 4. The van der Waals surface area contributed by atoms with Gasteiger partial charge in [0.2, 0.25) is 0 Å². The van der Waals surface area contributed by atoms with Gasteiger partial charge in [0.25, 0.3) is 0 Å². The van der Waals surface area contributed by atoms with Crippen molar-refractivity contribution in [2.75, 3.05) is 5.32 Å². The van der Waals surface area contributed by atoms with Crippen molar-refractivity contribution in [3.8, 4) is 0 Å². The first-order chi connectivity index (χ1) is 12.5. The summed E-state index contributed by atoms with van der Waals surface area (Å²) in [6, 6.07) is 11.8. The van der Waals surface area contributed by atoms with Crippen LogP contribution in [0.15, 0.2) is 36.4 Å². The zero-order valence-electron chi connectivity index (χ0n) is 15.0. The van der Waals surface area contributed by atoms with Gasteiger partial charge < -0.3 is 5.32 Å². The Bertz CT molecular complexity index is 1120. The number of hydrogen-bond acceptors (Lipinski definition) is 4. The van der Waals surface area contributed by atoms with Gasteiger partial charge in [0.1, 0.15) is 5.82 Å². The SMILES string of the molecule is CCCc1cc(Nc2cccc(Cl)c2)n2nc3nc(C)cc(C)c3c2n1. The summed E-state index contributed by atoms with van der Waals surface area (Å²) in [4.78, 5) is 9.45. The van der Waals surface area contributed by atoms with Gasteiger partial charge in [-0.25, -0.2) is 9.97 Å². The Labute approximate surface area is 157 Å². The number of nitrogens with zero attached hydrogens (tertiary/aromatic N) is 4. The summed E-state index contributed by atoms with van der Waals surface area (Å²) < 4.78 is 1.84. The minimum absolute atomic E-state index is 0.688. The molecule has 1 N–H and O–H groups in total. The molecular formula is C20H20ClN5. The van der Waals surface area contributed by atoms with E-state index in [2.05, 4.69) is 30.2 Å². The number of aromatic nitrogens is 4. The quantitative estimate of drug-likeness (QED) is 0.537. The van der Waals surface area contributed by atoms with E-state index in [-0.39, 0.29) is 0 Å². The normalized spacial score (nSPS) is 11.4. The molecule has 0 atom stereocenters. The minimum Gasteiger partial charge on any atom is -0.340 e. The van der Waals surface area contributed by atoms with E-state index in [1.807, 2.05) is 41.8 Å². The maximum Gasteiger partial charge on any atom is 0.184 e. The number of benzene rings is 1. The highest BCUT2D eigenvalue weighted by Crippen LogP contribution is 2.27. The van der Waals surface area contributed by atoms with Gasteiger partial charge in [-0.1, -0.05) is 31.0 Å². The number of anilines is 2. The van der Waals surface area contributed by atoms with Crippen LogP contribution in [0.25, 0.3) is 16.7 Å². The van der Waals surface area contributed by atoms with E-state index < -0.39 is 0 Å². The summed E-state index contributed by atoms with van der Waals surface area (Å²) in [7, 11) is 0. The van der Waals surface area contributed by atoms with Crippen LogP contribution in [0.3, 0.4) is 0 Å². The van der Waals surface area contributed by atoms with E-state index >= 15 is 0 Å². The van der Waals surface area contributed by atoms with Gasteiger partial charge in [-0.3, -0.25) is 0 Å². The van der Waals surface area contributed by atoms with Crippen molar-refractivity contribution in [3.63, 3.8) is 0 Å². The van der Waals surface area contributed by atoms with Gasteiger partial charge in [0.15, 0.2) is 11.3 Å². The van der Waals surface area contributed by atoms with Crippen LogP contribution in [-0.4, -0.2) is 19.6 Å². The Morgan fingerprint density at radius 2 is 1.96 bits per heavy atom. The third kappa shape index (κ3) is 2.99. The van der Waals surface area contributed by atoms with Crippen molar-refractivity contribution >= 4 is 39.8 Å². The van der Waals surface area contributed by atoms with E-state index in [1.54, 1.807) is 0 Å². The first-order valence-electron chi connectivity index (χ1n) is 8.74. The fourth-order valence-corrected chi connectivity index (χ4v) is 3.45. The predicted molar refractivity (Wildman–Crippen MR) is 106 cm³/mol. The van der Waals surface area contributed by atoms with Gasteiger partial charge in [-0.2, -0.15) is 4.52 Å². The highest BCUT2D eigenvalue weighted by atomic mass is 35.5. The highest BCUT2D eigenvalue weighted by molar-refractivity contribution is 6.30. The minimum atomic E-state index is 0.688. The molecule has 3 aromatic heterocycles. The fraction of sp³-hybridized carbons (Fsp3) is 0.250. The molecule has 4 rings (SSSR count). The van der Waals surface area contributed by atoms with Gasteiger partial charge >= 0.3 is 0 Å². The molecule has 0 spiro atoms. The zero-order valence-corrected chi connectivity index (χ0v) is 15.8. The van der Waals surface area contributed by atoms with Crippen LogP contribution in [-0.2, 0) is 6.42 Å². The van der Waals surface area contributed by atoms with Gasteiger partial charge in [0.05, 0.1) is 5.39 Å². The number of aryl methyl sites for hydroxylation is 3. The molecule has 0 amide bonds. The maximum atomic E-state index is 6.13. The Morgan fingerprint density at radius 3 is 2.73 bits per heavy atom. The number of nitrogens with one attached hydrogen (secondary N) is 1. The average molecular weight is 366 g/mol. The predicted octanol–water partition coefficient (Wildman–Crippen LogP) is 5.24. The molecule has 6 heteroatoms. The van der Waals surface area contributed by atoms with Gasteiger partial charge in [-0.05, 0) is 50.1 Å². The lowest BCUT2D eigenvalue weighted by Gasteiger charge is -2.10. The van der Waals surface area contributed by atoms with Crippen molar-refractivity contribution in [1.82, 2.24) is 19.6 Å². The molecule has 0 aliphatic rings. The molecular weight excluding hydrogens is 346 g/mol. The summed E-state index contributed by atoms with van der Waals surface area (Å²) in [5.74, 6) is 0.857. The van der Waals surface area contributed by atoms with E-state index in [9.17, 15) is 0 Å². The van der Waals surface area contributed by atoms with E-state index in [1.165, 1.54) is 0 Å². The average Bonchev–Trinajstić information content (AvgIpc) is 2.94. The van der Waals surface area contributed by atoms with E-state index in [4.69, 9.17) is 21.7 Å². The molecule has 0 bridgehead atoms. The molecule has 0 radical (unpaired) electrons. The highest BCUT2D eigenvalue weighted by Gasteiger charge is 2.15. The van der Waals surface area contributed by atoms with Crippen LogP contribution in [0.2, 0.25) is 5.02 Å². The largest absolute Gasteiger partial charge is 0.340 e. The Morgan fingerprint density at radius 1 is 1.12 bits per heavy atom. The first-order valence-corrected chi connectivity index (χ1v) is 9.12. The Hall–Kier alpha value is -2.66. The van der Waals surface area contributed by atoms with E-state index in [0.717, 1.165) is 58.0 Å². The topological polar surface area (TPSA) is 55.1 Å². The summed E-state index contributed by atoms with van der Waals surface area (Å²) in [6.45, 7) is 6.22. The number of fused-ring (bicyclic) bond motifs is 3. The molecule has 0 fully saturated rings. The zero-order chi connectivity index (χ0) is 18.3. The molecule has 5 nitrogen and oxygen atoms in total. The van der Waals surface area contributed by atoms with Crippen LogP contribution in [0.5, 0.6) is 0 Å². The summed E-state index contributed by atoms with van der Waals surface area (Å²) in [6.07, 6.45) is 1.94. The Balaban J connectivity index is 1.96. The third-order valence-corrected chi connectivity index (χ3v) is 4.56. The van der Waals surface area contributed by atoms with E-state index in [0.29, 0.717) is 5.02 Å². The van der Waals surface area contributed by atoms with Crippen LogP contribution in [0.1, 0.15) is 30.3 Å². The summed E-state index contributed by atoms with van der Waals surface area (Å²) in [5.41, 5.74) is 5.59. The summed E-state index contributed by atoms with van der Waals surface area (Å²) >= 11 is 6.13. The first kappa shape index (κ1) is 16.8. The smallest absolute Gasteiger partial charge is 0.184 e. The fourth-order valence-electron chi connectivity index (χ4n) is 3.26. The maximum absolute atomic E-state index is 6.13. The molecule has 0 saturated heterocycles. The Kier molecular flexibility index (Phi) is 4.24. The lowest BCUT2D eigenvalue weighted by atomic mass is 10.2. The number of pyridine rings is 1. The van der Waals surface area contributed by atoms with Crippen molar-refractivity contribution in [2.24, 2.45) is 0 Å². The van der Waals surface area contributed by atoms with Crippen molar-refractivity contribution in [2.45, 2.75) is 33.6 Å². The molecule has 26 heavy (non-hydrogen) atoms. The van der Waals surface area contributed by atoms with Gasteiger partial charge in [0, 0.05) is 28.2 Å². The van der Waals surface area contributed by atoms with Crippen LogP contribution in [0.4, 0.5) is 11.5 Å². The number of halogens is 1. The van der Waals surface area contributed by atoms with Crippen molar-refractivity contribution in [3.05, 3.63) is 58.4 Å². The van der Waals surface area contributed by atoms with Crippen LogP contribution in [0, 0.1) is 13.8 Å². The third-order valence-electron chi connectivity index (χ3n) is 4.33. The van der Waals surface area contributed by atoms with Gasteiger partial charge in [-0.15, -0.1) is 5.10 Å². The molecule has 3 heterocycles. The second-order valence-corrected chi connectivity index (χ2v) is 6.97. The molecule has 0 aliphatic carbocycles. The summed E-state index contributed by atoms with van der Waals surface area (Å²) in [5, 5.41) is 9.82. The molecule has 1 aromatic carbocycles. The van der Waals surface area contributed by atoms with Crippen LogP contribution < -0.4 is 5.32 Å². The second kappa shape index (κ2) is 6.57.